The Morgan fingerprint density at radius 2 is 2.25 bits per heavy atom. The van der Waals surface area contributed by atoms with E-state index in [0.29, 0.717) is 6.54 Å². The van der Waals surface area contributed by atoms with Crippen molar-refractivity contribution >= 4 is 0 Å². The van der Waals surface area contributed by atoms with Gasteiger partial charge in [-0.1, -0.05) is 6.92 Å². The van der Waals surface area contributed by atoms with Crippen LogP contribution >= 0.6 is 0 Å². The van der Waals surface area contributed by atoms with Crippen LogP contribution in [0.1, 0.15) is 18.3 Å². The summed E-state index contributed by atoms with van der Waals surface area (Å²) in [4.78, 5) is 8.49. The summed E-state index contributed by atoms with van der Waals surface area (Å²) >= 11 is 0. The van der Waals surface area contributed by atoms with E-state index >= 15 is 0 Å². The molecule has 5 heteroatoms. The van der Waals surface area contributed by atoms with Gasteiger partial charge in [0.25, 0.3) is 0 Å². The summed E-state index contributed by atoms with van der Waals surface area (Å²) in [5.41, 5.74) is 1.16. The molecule has 0 saturated carbocycles. The van der Waals surface area contributed by atoms with Gasteiger partial charge in [0.2, 0.25) is 0 Å². The zero-order valence-corrected chi connectivity index (χ0v) is 9.51. The number of nitrogens with zero attached hydrogens (tertiary/aromatic N) is 4. The first-order valence-corrected chi connectivity index (χ1v) is 5.34. The fraction of sp³-hybridized carbons (Fsp3) is 0.364. The zero-order chi connectivity index (χ0) is 11.4. The Kier molecular flexibility index (Phi) is 3.26. The van der Waals surface area contributed by atoms with Gasteiger partial charge in [0, 0.05) is 6.20 Å². The molecule has 2 aromatic rings. The van der Waals surface area contributed by atoms with Gasteiger partial charge in [-0.25, -0.2) is 9.97 Å². The van der Waals surface area contributed by atoms with Gasteiger partial charge < -0.3 is 5.32 Å². The number of rotatable bonds is 4. The lowest BCUT2D eigenvalue weighted by molar-refractivity contribution is 0.659. The summed E-state index contributed by atoms with van der Waals surface area (Å²) in [6.45, 7) is 5.71. The first kappa shape index (κ1) is 10.8. The molecule has 2 aromatic heterocycles. The van der Waals surface area contributed by atoms with Crippen LogP contribution in [-0.4, -0.2) is 26.3 Å². The van der Waals surface area contributed by atoms with Gasteiger partial charge in [0.1, 0.15) is 12.2 Å². The van der Waals surface area contributed by atoms with Crippen LogP contribution in [0.2, 0.25) is 0 Å². The molecule has 0 bridgehead atoms. The molecule has 0 amide bonds. The zero-order valence-electron chi connectivity index (χ0n) is 9.51. The average Bonchev–Trinajstić information content (AvgIpc) is 2.74. The summed E-state index contributed by atoms with van der Waals surface area (Å²) in [7, 11) is 0. The molecule has 1 N–H and O–H groups in total. The standard InChI is InChI=1S/C11H15N5/c1-3-12-7-11-14-8-15-16(11)10-6-9(2)4-5-13-10/h4-6,8,12H,3,7H2,1-2H3. The number of pyridine rings is 1. The van der Waals surface area contributed by atoms with Crippen molar-refractivity contribution in [3.8, 4) is 5.82 Å². The van der Waals surface area contributed by atoms with Crippen molar-refractivity contribution in [2.45, 2.75) is 20.4 Å². The fourth-order valence-electron chi connectivity index (χ4n) is 1.45. The van der Waals surface area contributed by atoms with E-state index in [0.717, 1.165) is 23.8 Å². The summed E-state index contributed by atoms with van der Waals surface area (Å²) in [5, 5.41) is 7.41. The summed E-state index contributed by atoms with van der Waals surface area (Å²) in [6.07, 6.45) is 3.33. The minimum atomic E-state index is 0.701. The first-order chi connectivity index (χ1) is 7.81. The Morgan fingerprint density at radius 1 is 1.38 bits per heavy atom. The number of aromatic nitrogens is 4. The fourth-order valence-corrected chi connectivity index (χ4v) is 1.45. The minimum absolute atomic E-state index is 0.701. The SMILES string of the molecule is CCNCc1ncnn1-c1cc(C)ccn1. The van der Waals surface area contributed by atoms with Crippen LogP contribution in [-0.2, 0) is 6.54 Å². The molecule has 0 aliphatic carbocycles. The lowest BCUT2D eigenvalue weighted by Gasteiger charge is -2.05. The predicted octanol–water partition coefficient (Wildman–Crippen LogP) is 1.08. The number of aryl methyl sites for hydroxylation is 1. The predicted molar refractivity (Wildman–Crippen MR) is 61.3 cm³/mol. The lowest BCUT2D eigenvalue weighted by Crippen LogP contribution is -2.16. The molecule has 2 rings (SSSR count). The Bertz CT molecular complexity index is 463. The second-order valence-electron chi connectivity index (χ2n) is 3.56. The van der Waals surface area contributed by atoms with Crippen LogP contribution < -0.4 is 5.32 Å². The summed E-state index contributed by atoms with van der Waals surface area (Å²) in [6, 6.07) is 3.95. The highest BCUT2D eigenvalue weighted by molar-refractivity contribution is 5.26. The van der Waals surface area contributed by atoms with Gasteiger partial charge in [0.05, 0.1) is 6.54 Å². The molecule has 0 aliphatic heterocycles. The molecule has 0 fully saturated rings. The molecule has 0 aromatic carbocycles. The van der Waals surface area contributed by atoms with Crippen LogP contribution in [0.15, 0.2) is 24.7 Å². The van der Waals surface area contributed by atoms with E-state index in [1.165, 1.54) is 0 Å². The van der Waals surface area contributed by atoms with Crippen LogP contribution in [0.4, 0.5) is 0 Å². The van der Waals surface area contributed by atoms with E-state index in [1.807, 2.05) is 19.1 Å². The molecule has 16 heavy (non-hydrogen) atoms. The van der Waals surface area contributed by atoms with Crippen molar-refractivity contribution in [2.75, 3.05) is 6.54 Å². The molecular formula is C11H15N5. The van der Waals surface area contributed by atoms with Crippen molar-refractivity contribution in [1.82, 2.24) is 25.1 Å². The second kappa shape index (κ2) is 4.85. The molecule has 0 atom stereocenters. The van der Waals surface area contributed by atoms with Gasteiger partial charge in [0.15, 0.2) is 5.82 Å². The average molecular weight is 217 g/mol. The Balaban J connectivity index is 2.29. The van der Waals surface area contributed by atoms with Crippen molar-refractivity contribution in [3.63, 3.8) is 0 Å². The quantitative estimate of drug-likeness (QED) is 0.832. The Morgan fingerprint density at radius 3 is 3.00 bits per heavy atom. The molecule has 2 heterocycles. The third-order valence-corrected chi connectivity index (χ3v) is 2.27. The summed E-state index contributed by atoms with van der Waals surface area (Å²) in [5.74, 6) is 1.69. The van der Waals surface area contributed by atoms with E-state index in [2.05, 4.69) is 27.3 Å². The van der Waals surface area contributed by atoms with Crippen molar-refractivity contribution in [2.24, 2.45) is 0 Å². The third kappa shape index (κ3) is 2.25. The number of hydrogen-bond donors (Lipinski definition) is 1. The van der Waals surface area contributed by atoms with Crippen LogP contribution in [0.25, 0.3) is 5.82 Å². The molecule has 0 radical (unpaired) electrons. The highest BCUT2D eigenvalue weighted by atomic mass is 15.4. The highest BCUT2D eigenvalue weighted by Gasteiger charge is 2.06. The molecule has 84 valence electrons. The van der Waals surface area contributed by atoms with Crippen LogP contribution in [0.3, 0.4) is 0 Å². The smallest absolute Gasteiger partial charge is 0.155 e. The molecule has 0 unspecified atom stereocenters. The first-order valence-electron chi connectivity index (χ1n) is 5.34. The van der Waals surface area contributed by atoms with E-state index in [-0.39, 0.29) is 0 Å². The topological polar surface area (TPSA) is 55.6 Å². The maximum absolute atomic E-state index is 4.28. The van der Waals surface area contributed by atoms with Gasteiger partial charge in [-0.2, -0.15) is 9.78 Å². The van der Waals surface area contributed by atoms with E-state index in [9.17, 15) is 0 Å². The third-order valence-electron chi connectivity index (χ3n) is 2.27. The van der Waals surface area contributed by atoms with E-state index < -0.39 is 0 Å². The van der Waals surface area contributed by atoms with Gasteiger partial charge in [-0.05, 0) is 31.2 Å². The minimum Gasteiger partial charge on any atom is -0.310 e. The number of hydrogen-bond acceptors (Lipinski definition) is 4. The van der Waals surface area contributed by atoms with Gasteiger partial charge in [-0.3, -0.25) is 0 Å². The van der Waals surface area contributed by atoms with Crippen LogP contribution in [0.5, 0.6) is 0 Å². The van der Waals surface area contributed by atoms with Gasteiger partial charge in [-0.15, -0.1) is 0 Å². The monoisotopic (exact) mass is 217 g/mol. The maximum Gasteiger partial charge on any atom is 0.155 e. The van der Waals surface area contributed by atoms with E-state index in [4.69, 9.17) is 0 Å². The Hall–Kier alpha value is -1.75. The number of nitrogens with one attached hydrogen (secondary N) is 1. The molecule has 0 aliphatic rings. The molecule has 5 nitrogen and oxygen atoms in total. The van der Waals surface area contributed by atoms with Crippen molar-refractivity contribution in [1.29, 1.82) is 0 Å². The molecule has 0 spiro atoms. The molecule has 0 saturated heterocycles. The maximum atomic E-state index is 4.28. The normalized spacial score (nSPS) is 10.6. The largest absolute Gasteiger partial charge is 0.310 e. The van der Waals surface area contributed by atoms with Crippen molar-refractivity contribution < 1.29 is 0 Å². The van der Waals surface area contributed by atoms with Crippen molar-refractivity contribution in [3.05, 3.63) is 36.0 Å². The molecular weight excluding hydrogens is 202 g/mol. The van der Waals surface area contributed by atoms with Gasteiger partial charge >= 0.3 is 0 Å². The Labute approximate surface area is 94.5 Å². The summed E-state index contributed by atoms with van der Waals surface area (Å²) < 4.78 is 1.76. The highest BCUT2D eigenvalue weighted by Crippen LogP contribution is 2.07. The second-order valence-corrected chi connectivity index (χ2v) is 3.56. The van der Waals surface area contributed by atoms with E-state index in [1.54, 1.807) is 17.2 Å². The van der Waals surface area contributed by atoms with Crippen LogP contribution in [0, 0.1) is 6.92 Å². The lowest BCUT2D eigenvalue weighted by atomic mass is 10.3.